The van der Waals surface area contributed by atoms with Crippen molar-refractivity contribution in [2.75, 3.05) is 42.9 Å². The third-order valence-corrected chi connectivity index (χ3v) is 8.76. The van der Waals surface area contributed by atoms with Gasteiger partial charge in [-0.05, 0) is 74.8 Å². The zero-order valence-electron chi connectivity index (χ0n) is 20.9. The molecular formula is C28H36N6O2. The topological polar surface area (TPSA) is 86.5 Å². The van der Waals surface area contributed by atoms with Crippen molar-refractivity contribution < 1.29 is 5.11 Å². The predicted molar refractivity (Wildman–Crippen MR) is 143 cm³/mol. The summed E-state index contributed by atoms with van der Waals surface area (Å²) in [5.41, 5.74) is 1.88. The molecule has 1 aliphatic heterocycles. The number of hydrogen-bond acceptors (Lipinski definition) is 7. The normalized spacial score (nSPS) is 25.5. The molecule has 190 valence electrons. The van der Waals surface area contributed by atoms with E-state index in [1.54, 1.807) is 0 Å². The Morgan fingerprint density at radius 1 is 0.889 bits per heavy atom. The summed E-state index contributed by atoms with van der Waals surface area (Å²) >= 11 is 0. The third-order valence-electron chi connectivity index (χ3n) is 8.76. The van der Waals surface area contributed by atoms with Crippen molar-refractivity contribution in [2.24, 2.45) is 5.92 Å². The molecular weight excluding hydrogens is 452 g/mol. The SMILES string of the molecule is O=c1c2cc(N3CCN(C4CC4)CC3)ccc2c2cnc(NCC3CC3)nc2n1[C@H]1CC[C@H](O)CC1. The fourth-order valence-electron chi connectivity index (χ4n) is 6.20. The highest BCUT2D eigenvalue weighted by Gasteiger charge is 2.31. The summed E-state index contributed by atoms with van der Waals surface area (Å²) in [6.07, 6.45) is 9.87. The fourth-order valence-corrected chi connectivity index (χ4v) is 6.20. The molecule has 0 spiro atoms. The van der Waals surface area contributed by atoms with Gasteiger partial charge in [0.25, 0.3) is 5.56 Å². The Morgan fingerprint density at radius 2 is 1.64 bits per heavy atom. The Kier molecular flexibility index (Phi) is 5.62. The second kappa shape index (κ2) is 8.99. The van der Waals surface area contributed by atoms with Crippen LogP contribution in [0, 0.1) is 5.92 Å². The van der Waals surface area contributed by atoms with Crippen molar-refractivity contribution in [3.63, 3.8) is 0 Å². The van der Waals surface area contributed by atoms with Crippen molar-refractivity contribution >= 4 is 33.4 Å². The molecule has 3 heterocycles. The number of rotatable bonds is 6. The summed E-state index contributed by atoms with van der Waals surface area (Å²) in [6, 6.07) is 7.20. The Morgan fingerprint density at radius 3 is 2.36 bits per heavy atom. The number of pyridine rings is 1. The van der Waals surface area contributed by atoms with E-state index in [0.29, 0.717) is 17.5 Å². The van der Waals surface area contributed by atoms with E-state index >= 15 is 0 Å². The quantitative estimate of drug-likeness (QED) is 0.514. The minimum Gasteiger partial charge on any atom is -0.393 e. The Labute approximate surface area is 211 Å². The molecule has 8 heteroatoms. The summed E-state index contributed by atoms with van der Waals surface area (Å²) in [4.78, 5) is 28.6. The number of nitrogens with zero attached hydrogens (tertiary/aromatic N) is 5. The average molecular weight is 489 g/mol. The molecule has 1 saturated heterocycles. The van der Waals surface area contributed by atoms with Gasteiger partial charge in [-0.15, -0.1) is 0 Å². The second-order valence-corrected chi connectivity index (χ2v) is 11.4. The Bertz CT molecular complexity index is 1330. The summed E-state index contributed by atoms with van der Waals surface area (Å²) in [5.74, 6) is 1.32. The van der Waals surface area contributed by atoms with Gasteiger partial charge in [-0.3, -0.25) is 14.3 Å². The minimum absolute atomic E-state index is 0.0317. The van der Waals surface area contributed by atoms with E-state index in [2.05, 4.69) is 38.3 Å². The lowest BCUT2D eigenvalue weighted by atomic mass is 9.92. The highest BCUT2D eigenvalue weighted by Crippen LogP contribution is 2.34. The van der Waals surface area contributed by atoms with Gasteiger partial charge >= 0.3 is 0 Å². The number of benzene rings is 1. The van der Waals surface area contributed by atoms with Gasteiger partial charge in [-0.25, -0.2) is 4.98 Å². The van der Waals surface area contributed by atoms with Gasteiger partial charge in [-0.2, -0.15) is 4.98 Å². The van der Waals surface area contributed by atoms with E-state index in [0.717, 1.165) is 86.3 Å². The molecule has 0 atom stereocenters. The predicted octanol–water partition coefficient (Wildman–Crippen LogP) is 3.53. The second-order valence-electron chi connectivity index (χ2n) is 11.4. The number of hydrogen-bond donors (Lipinski definition) is 2. The van der Waals surface area contributed by atoms with Crippen molar-refractivity contribution in [2.45, 2.75) is 69.6 Å². The lowest BCUT2D eigenvalue weighted by molar-refractivity contribution is 0.111. The molecule has 0 radical (unpaired) electrons. The van der Waals surface area contributed by atoms with Gasteiger partial charge in [-0.1, -0.05) is 6.07 Å². The van der Waals surface area contributed by atoms with Gasteiger partial charge in [0.1, 0.15) is 5.65 Å². The molecule has 4 aliphatic rings. The molecule has 0 amide bonds. The molecule has 7 rings (SSSR count). The smallest absolute Gasteiger partial charge is 0.260 e. The molecule has 2 N–H and O–H groups in total. The van der Waals surface area contributed by atoms with Gasteiger partial charge in [0, 0.05) is 62.1 Å². The van der Waals surface area contributed by atoms with E-state index in [9.17, 15) is 9.90 Å². The molecule has 1 aromatic carbocycles. The van der Waals surface area contributed by atoms with Crippen molar-refractivity contribution in [1.82, 2.24) is 19.4 Å². The van der Waals surface area contributed by atoms with Crippen LogP contribution < -0.4 is 15.8 Å². The van der Waals surface area contributed by atoms with E-state index in [1.165, 1.54) is 25.7 Å². The van der Waals surface area contributed by atoms with Crippen LogP contribution in [0.15, 0.2) is 29.2 Å². The van der Waals surface area contributed by atoms with Crippen LogP contribution in [-0.2, 0) is 0 Å². The Balaban J connectivity index is 1.29. The maximum absolute atomic E-state index is 14.1. The average Bonchev–Trinajstić information content (AvgIpc) is 3.83. The van der Waals surface area contributed by atoms with Gasteiger partial charge in [0.05, 0.1) is 11.5 Å². The van der Waals surface area contributed by atoms with Gasteiger partial charge in [0.15, 0.2) is 0 Å². The maximum atomic E-state index is 14.1. The van der Waals surface area contributed by atoms with Crippen LogP contribution in [0.25, 0.3) is 21.8 Å². The van der Waals surface area contributed by atoms with Crippen molar-refractivity contribution in [3.8, 4) is 0 Å². The summed E-state index contributed by atoms with van der Waals surface area (Å²) in [5, 5.41) is 16.1. The first kappa shape index (κ1) is 22.5. The fraction of sp³-hybridized carbons (Fsp3) is 0.607. The first-order valence-electron chi connectivity index (χ1n) is 13.9. The van der Waals surface area contributed by atoms with E-state index in [1.807, 2.05) is 10.8 Å². The standard InChI is InChI=1S/C28H36N6O2/c35-22-8-5-20(6-9-22)34-26-25(17-30-28(31-26)29-16-18-1-2-18)23-10-7-21(15-24(23)27(34)36)33-13-11-32(12-14-33)19-3-4-19/h7,10,15,17-20,22,35H,1-6,8-9,11-14,16H2,(H,29,30,31)/t20-,22-. The molecule has 0 bridgehead atoms. The summed E-state index contributed by atoms with van der Waals surface area (Å²) in [7, 11) is 0. The largest absolute Gasteiger partial charge is 0.393 e. The molecule has 36 heavy (non-hydrogen) atoms. The number of fused-ring (bicyclic) bond motifs is 3. The van der Waals surface area contributed by atoms with Crippen LogP contribution >= 0.6 is 0 Å². The molecule has 3 aliphatic carbocycles. The highest BCUT2D eigenvalue weighted by atomic mass is 16.3. The van der Waals surface area contributed by atoms with Crippen LogP contribution in [0.4, 0.5) is 11.6 Å². The molecule has 0 unspecified atom stereocenters. The van der Waals surface area contributed by atoms with Gasteiger partial charge < -0.3 is 15.3 Å². The Hall–Kier alpha value is -2.71. The maximum Gasteiger partial charge on any atom is 0.260 e. The van der Waals surface area contributed by atoms with Crippen LogP contribution in [0.3, 0.4) is 0 Å². The van der Waals surface area contributed by atoms with Crippen molar-refractivity contribution in [1.29, 1.82) is 0 Å². The first-order chi connectivity index (χ1) is 17.6. The number of aliphatic hydroxyl groups is 1. The van der Waals surface area contributed by atoms with Crippen LogP contribution in [0.5, 0.6) is 0 Å². The lowest BCUT2D eigenvalue weighted by Crippen LogP contribution is -2.47. The number of aliphatic hydroxyl groups excluding tert-OH is 1. The number of anilines is 2. The van der Waals surface area contributed by atoms with Crippen LogP contribution in [-0.4, -0.2) is 69.4 Å². The molecule has 8 nitrogen and oxygen atoms in total. The molecule has 3 aromatic rings. The summed E-state index contributed by atoms with van der Waals surface area (Å²) in [6.45, 7) is 5.09. The van der Waals surface area contributed by atoms with Crippen LogP contribution in [0.2, 0.25) is 0 Å². The zero-order valence-corrected chi connectivity index (χ0v) is 20.9. The van der Waals surface area contributed by atoms with Gasteiger partial charge in [0.2, 0.25) is 5.95 Å². The minimum atomic E-state index is -0.269. The lowest BCUT2D eigenvalue weighted by Gasteiger charge is -2.36. The van der Waals surface area contributed by atoms with E-state index < -0.39 is 0 Å². The van der Waals surface area contributed by atoms with Crippen molar-refractivity contribution in [3.05, 3.63) is 34.7 Å². The molecule has 4 fully saturated rings. The van der Waals surface area contributed by atoms with E-state index in [4.69, 9.17) is 4.98 Å². The number of aromatic nitrogens is 3. The molecule has 3 saturated carbocycles. The van der Waals surface area contributed by atoms with Crippen LogP contribution in [0.1, 0.15) is 57.4 Å². The monoisotopic (exact) mass is 488 g/mol. The first-order valence-corrected chi connectivity index (χ1v) is 13.9. The molecule has 2 aromatic heterocycles. The van der Waals surface area contributed by atoms with E-state index in [-0.39, 0.29) is 17.7 Å². The number of piperazine rings is 1. The highest BCUT2D eigenvalue weighted by molar-refractivity contribution is 6.05. The summed E-state index contributed by atoms with van der Waals surface area (Å²) < 4.78 is 1.92. The number of nitrogens with one attached hydrogen (secondary N) is 1. The zero-order chi connectivity index (χ0) is 24.2. The third kappa shape index (κ3) is 4.24.